The van der Waals surface area contributed by atoms with E-state index < -0.39 is 0 Å². The van der Waals surface area contributed by atoms with Crippen LogP contribution < -0.4 is 0 Å². The van der Waals surface area contributed by atoms with Gasteiger partial charge in [0, 0.05) is 40.7 Å². The van der Waals surface area contributed by atoms with Crippen LogP contribution in [0.4, 0.5) is 0 Å². The van der Waals surface area contributed by atoms with Crippen LogP contribution in [0.2, 0.25) is 0 Å². The first-order chi connectivity index (χ1) is 9.10. The second-order valence-electron chi connectivity index (χ2n) is 4.38. The molecule has 19 heavy (non-hydrogen) atoms. The van der Waals surface area contributed by atoms with Crippen LogP contribution in [0.3, 0.4) is 0 Å². The molecule has 0 spiro atoms. The van der Waals surface area contributed by atoms with Crippen LogP contribution in [-0.2, 0) is 0 Å². The third kappa shape index (κ3) is 3.78. The maximum absolute atomic E-state index is 12.4. The summed E-state index contributed by atoms with van der Waals surface area (Å²) in [5.74, 6) is 0.0404. The Bertz CT molecular complexity index is 499. The quantitative estimate of drug-likeness (QED) is 0.733. The molecular weight excluding hydrogens is 374 g/mol. The Morgan fingerprint density at radius 3 is 2.26 bits per heavy atom. The van der Waals surface area contributed by atoms with Gasteiger partial charge in [-0.15, -0.1) is 0 Å². The molecule has 1 aromatic carbocycles. The Balaban J connectivity index is 2.03. The van der Waals surface area contributed by atoms with Crippen LogP contribution in [0.15, 0.2) is 27.1 Å². The lowest BCUT2D eigenvalue weighted by molar-refractivity contribution is 0.0651. The van der Waals surface area contributed by atoms with Crippen LogP contribution in [0.5, 0.6) is 0 Å². The molecular formula is C13H13Br2N3O. The molecule has 100 valence electrons. The fourth-order valence-corrected chi connectivity index (χ4v) is 3.36. The zero-order valence-corrected chi connectivity index (χ0v) is 13.4. The van der Waals surface area contributed by atoms with Crippen molar-refractivity contribution in [3.63, 3.8) is 0 Å². The number of hydrogen-bond acceptors (Lipinski definition) is 3. The highest BCUT2D eigenvalue weighted by Gasteiger charge is 2.22. The lowest BCUT2D eigenvalue weighted by Gasteiger charge is -2.33. The second kappa shape index (κ2) is 6.51. The van der Waals surface area contributed by atoms with E-state index in [1.807, 2.05) is 23.1 Å². The van der Waals surface area contributed by atoms with Crippen LogP contribution in [0, 0.1) is 11.3 Å². The van der Waals surface area contributed by atoms with Crippen LogP contribution in [0.25, 0.3) is 0 Å². The number of halogens is 2. The first-order valence-electron chi connectivity index (χ1n) is 5.95. The second-order valence-corrected chi connectivity index (χ2v) is 6.22. The predicted octanol–water partition coefficient (Wildman–Crippen LogP) is 2.49. The number of piperazine rings is 1. The topological polar surface area (TPSA) is 47.3 Å². The average Bonchev–Trinajstić information content (AvgIpc) is 2.38. The van der Waals surface area contributed by atoms with E-state index in [0.717, 1.165) is 22.0 Å². The van der Waals surface area contributed by atoms with Crippen LogP contribution >= 0.6 is 31.9 Å². The van der Waals surface area contributed by atoms with Crippen molar-refractivity contribution in [2.24, 2.45) is 0 Å². The monoisotopic (exact) mass is 385 g/mol. The summed E-state index contributed by atoms with van der Waals surface area (Å²) in [7, 11) is 0. The number of nitrogens with zero attached hydrogens (tertiary/aromatic N) is 3. The molecule has 2 rings (SSSR count). The normalized spacial score (nSPS) is 16.2. The standard InChI is InChI=1S/C13H13Br2N3O/c14-11-7-10(8-12(15)9-11)13(19)18-5-3-17(2-1-16)4-6-18/h7-9H,2-6H2. The summed E-state index contributed by atoms with van der Waals surface area (Å²) in [6.45, 7) is 3.29. The van der Waals surface area contributed by atoms with Gasteiger partial charge in [-0.05, 0) is 18.2 Å². The summed E-state index contributed by atoms with van der Waals surface area (Å²) in [6.07, 6.45) is 0. The third-order valence-corrected chi connectivity index (χ3v) is 3.98. The van der Waals surface area contributed by atoms with Crippen molar-refractivity contribution in [1.29, 1.82) is 5.26 Å². The number of carbonyl (C=O) groups is 1. The van der Waals surface area contributed by atoms with E-state index in [0.29, 0.717) is 25.2 Å². The Morgan fingerprint density at radius 2 is 1.74 bits per heavy atom. The number of rotatable bonds is 2. The number of benzene rings is 1. The smallest absolute Gasteiger partial charge is 0.254 e. The van der Waals surface area contributed by atoms with E-state index in [9.17, 15) is 4.79 Å². The minimum atomic E-state index is 0.0404. The molecule has 1 aliphatic heterocycles. The van der Waals surface area contributed by atoms with Crippen molar-refractivity contribution in [1.82, 2.24) is 9.80 Å². The summed E-state index contributed by atoms with van der Waals surface area (Å²) in [4.78, 5) is 16.3. The summed E-state index contributed by atoms with van der Waals surface area (Å²) >= 11 is 6.78. The number of nitriles is 1. The fourth-order valence-electron chi connectivity index (χ4n) is 2.07. The van der Waals surface area contributed by atoms with Gasteiger partial charge >= 0.3 is 0 Å². The van der Waals surface area contributed by atoms with Crippen molar-refractivity contribution >= 4 is 37.8 Å². The molecule has 0 radical (unpaired) electrons. The largest absolute Gasteiger partial charge is 0.336 e. The minimum Gasteiger partial charge on any atom is -0.336 e. The maximum Gasteiger partial charge on any atom is 0.254 e. The van der Waals surface area contributed by atoms with Gasteiger partial charge in [0.05, 0.1) is 12.6 Å². The number of hydrogen-bond donors (Lipinski definition) is 0. The summed E-state index contributed by atoms with van der Waals surface area (Å²) < 4.78 is 1.77. The molecule has 0 saturated carbocycles. The molecule has 1 aromatic rings. The Labute approximate surface area is 129 Å². The predicted molar refractivity (Wildman–Crippen MR) is 79.8 cm³/mol. The van der Waals surface area contributed by atoms with Gasteiger partial charge in [0.1, 0.15) is 0 Å². The Hall–Kier alpha value is -0.900. The molecule has 0 N–H and O–H groups in total. The van der Waals surface area contributed by atoms with Gasteiger partial charge in [0.2, 0.25) is 0 Å². The molecule has 1 saturated heterocycles. The Morgan fingerprint density at radius 1 is 1.16 bits per heavy atom. The van der Waals surface area contributed by atoms with Crippen LogP contribution in [0.1, 0.15) is 10.4 Å². The van der Waals surface area contributed by atoms with Gasteiger partial charge in [-0.3, -0.25) is 9.69 Å². The van der Waals surface area contributed by atoms with E-state index in [1.54, 1.807) is 0 Å². The average molecular weight is 387 g/mol. The molecule has 1 amide bonds. The molecule has 4 nitrogen and oxygen atoms in total. The lowest BCUT2D eigenvalue weighted by atomic mass is 10.2. The van der Waals surface area contributed by atoms with E-state index in [1.165, 1.54) is 0 Å². The first kappa shape index (κ1) is 14.5. The minimum absolute atomic E-state index is 0.0404. The highest BCUT2D eigenvalue weighted by Crippen LogP contribution is 2.21. The maximum atomic E-state index is 12.4. The van der Waals surface area contributed by atoms with E-state index in [-0.39, 0.29) is 5.91 Å². The van der Waals surface area contributed by atoms with E-state index in [4.69, 9.17) is 5.26 Å². The SMILES string of the molecule is N#CCN1CCN(C(=O)c2cc(Br)cc(Br)c2)CC1. The molecule has 0 bridgehead atoms. The molecule has 0 unspecified atom stereocenters. The van der Waals surface area contributed by atoms with Crippen molar-refractivity contribution in [3.8, 4) is 6.07 Å². The summed E-state index contributed by atoms with van der Waals surface area (Å²) in [5.41, 5.74) is 0.676. The summed E-state index contributed by atoms with van der Waals surface area (Å²) in [5, 5.41) is 8.65. The van der Waals surface area contributed by atoms with Crippen molar-refractivity contribution in [3.05, 3.63) is 32.7 Å². The van der Waals surface area contributed by atoms with Crippen molar-refractivity contribution in [2.45, 2.75) is 0 Å². The molecule has 1 aliphatic rings. The zero-order chi connectivity index (χ0) is 13.8. The van der Waals surface area contributed by atoms with Gasteiger partial charge in [-0.1, -0.05) is 31.9 Å². The lowest BCUT2D eigenvalue weighted by Crippen LogP contribution is -2.48. The van der Waals surface area contributed by atoms with Gasteiger partial charge < -0.3 is 4.90 Å². The van der Waals surface area contributed by atoms with E-state index >= 15 is 0 Å². The van der Waals surface area contributed by atoms with Crippen molar-refractivity contribution < 1.29 is 4.79 Å². The fraction of sp³-hybridized carbons (Fsp3) is 0.385. The molecule has 6 heteroatoms. The van der Waals surface area contributed by atoms with Gasteiger partial charge in [0.25, 0.3) is 5.91 Å². The Kier molecular flexibility index (Phi) is 4.97. The highest BCUT2D eigenvalue weighted by molar-refractivity contribution is 9.11. The van der Waals surface area contributed by atoms with Crippen LogP contribution in [-0.4, -0.2) is 48.4 Å². The molecule has 0 atom stereocenters. The number of carbonyl (C=O) groups excluding carboxylic acids is 1. The molecule has 0 aromatic heterocycles. The molecule has 1 heterocycles. The molecule has 1 fully saturated rings. The first-order valence-corrected chi connectivity index (χ1v) is 7.53. The van der Waals surface area contributed by atoms with Gasteiger partial charge in [-0.2, -0.15) is 5.26 Å². The summed E-state index contributed by atoms with van der Waals surface area (Å²) in [6, 6.07) is 7.70. The zero-order valence-electron chi connectivity index (χ0n) is 10.3. The van der Waals surface area contributed by atoms with Crippen molar-refractivity contribution in [2.75, 3.05) is 32.7 Å². The molecule has 0 aliphatic carbocycles. The van der Waals surface area contributed by atoms with E-state index in [2.05, 4.69) is 42.8 Å². The number of amides is 1. The van der Waals surface area contributed by atoms with Gasteiger partial charge in [-0.25, -0.2) is 0 Å². The van der Waals surface area contributed by atoms with Gasteiger partial charge in [0.15, 0.2) is 0 Å². The highest BCUT2D eigenvalue weighted by atomic mass is 79.9. The third-order valence-electron chi connectivity index (χ3n) is 3.06.